The first-order chi connectivity index (χ1) is 4.16. The highest BCUT2D eigenvalue weighted by atomic mass is 16.5. The van der Waals surface area contributed by atoms with E-state index in [0.717, 1.165) is 0 Å². The second-order valence-electron chi connectivity index (χ2n) is 2.30. The van der Waals surface area contributed by atoms with E-state index in [0.29, 0.717) is 6.61 Å². The van der Waals surface area contributed by atoms with Crippen LogP contribution in [0.15, 0.2) is 0 Å². The Hall–Kier alpha value is -0.120. The molecular formula is C6H15NO2. The molecule has 3 heteroatoms. The summed E-state index contributed by atoms with van der Waals surface area (Å²) in [6.45, 7) is 4.25. The topological polar surface area (TPSA) is 55.5 Å². The minimum atomic E-state index is -0.0870. The fourth-order valence-electron chi connectivity index (χ4n) is 0.369. The van der Waals surface area contributed by atoms with Crippen LogP contribution in [0.2, 0.25) is 0 Å². The Labute approximate surface area is 55.8 Å². The molecule has 2 atom stereocenters. The van der Waals surface area contributed by atoms with Crippen LogP contribution in [-0.4, -0.2) is 30.5 Å². The van der Waals surface area contributed by atoms with Crippen LogP contribution in [0.1, 0.15) is 13.8 Å². The van der Waals surface area contributed by atoms with E-state index in [1.807, 2.05) is 13.8 Å². The third kappa shape index (κ3) is 5.76. The molecule has 0 aromatic carbocycles. The van der Waals surface area contributed by atoms with Gasteiger partial charge in [-0.1, -0.05) is 0 Å². The van der Waals surface area contributed by atoms with Crippen LogP contribution in [0.5, 0.6) is 0 Å². The fraction of sp³-hybridized carbons (Fsp3) is 1.00. The lowest BCUT2D eigenvalue weighted by Crippen LogP contribution is -2.26. The van der Waals surface area contributed by atoms with Gasteiger partial charge in [-0.15, -0.1) is 0 Å². The molecule has 0 amide bonds. The predicted molar refractivity (Wildman–Crippen MR) is 36.1 cm³/mol. The number of hydrogen-bond acceptors (Lipinski definition) is 3. The van der Waals surface area contributed by atoms with Crippen molar-refractivity contribution < 1.29 is 9.84 Å². The Bertz CT molecular complexity index is 66.1. The van der Waals surface area contributed by atoms with Crippen molar-refractivity contribution >= 4 is 0 Å². The first-order valence-electron chi connectivity index (χ1n) is 3.15. The Morgan fingerprint density at radius 2 is 2.11 bits per heavy atom. The molecule has 0 fully saturated rings. The van der Waals surface area contributed by atoms with Crippen molar-refractivity contribution in [3.8, 4) is 0 Å². The second-order valence-corrected chi connectivity index (χ2v) is 2.30. The Morgan fingerprint density at radius 1 is 1.56 bits per heavy atom. The van der Waals surface area contributed by atoms with E-state index in [1.54, 1.807) is 0 Å². The number of hydrogen-bond donors (Lipinski definition) is 2. The van der Waals surface area contributed by atoms with Gasteiger partial charge in [-0.25, -0.2) is 0 Å². The lowest BCUT2D eigenvalue weighted by atomic mass is 10.4. The van der Waals surface area contributed by atoms with Crippen molar-refractivity contribution in [3.05, 3.63) is 0 Å². The fourth-order valence-corrected chi connectivity index (χ4v) is 0.369. The number of aliphatic hydroxyl groups excluding tert-OH is 1. The zero-order valence-electron chi connectivity index (χ0n) is 6.00. The van der Waals surface area contributed by atoms with Gasteiger partial charge in [-0.2, -0.15) is 0 Å². The molecule has 0 aromatic rings. The van der Waals surface area contributed by atoms with Crippen molar-refractivity contribution in [1.29, 1.82) is 0 Å². The molecule has 0 aliphatic rings. The Balaban J connectivity index is 3.06. The summed E-state index contributed by atoms with van der Waals surface area (Å²) >= 11 is 0. The molecule has 0 saturated carbocycles. The molecule has 0 aromatic heterocycles. The minimum Gasteiger partial charge on any atom is -0.394 e. The van der Waals surface area contributed by atoms with Gasteiger partial charge < -0.3 is 15.6 Å². The summed E-state index contributed by atoms with van der Waals surface area (Å²) < 4.78 is 5.08. The van der Waals surface area contributed by atoms with Crippen LogP contribution in [0.25, 0.3) is 0 Å². The monoisotopic (exact) mass is 133 g/mol. The summed E-state index contributed by atoms with van der Waals surface area (Å²) in [5, 5.41) is 8.48. The van der Waals surface area contributed by atoms with Gasteiger partial charge in [0.2, 0.25) is 0 Å². The van der Waals surface area contributed by atoms with Crippen molar-refractivity contribution in [3.63, 3.8) is 0 Å². The summed E-state index contributed by atoms with van der Waals surface area (Å²) in [5.41, 5.74) is 5.39. The lowest BCUT2D eigenvalue weighted by Gasteiger charge is -2.11. The molecule has 3 N–H and O–H groups in total. The van der Waals surface area contributed by atoms with Crippen molar-refractivity contribution in [2.24, 2.45) is 5.73 Å². The maximum Gasteiger partial charge on any atom is 0.0778 e. The largest absolute Gasteiger partial charge is 0.394 e. The highest BCUT2D eigenvalue weighted by Crippen LogP contribution is 1.88. The van der Waals surface area contributed by atoms with Gasteiger partial charge in [-0.3, -0.25) is 0 Å². The van der Waals surface area contributed by atoms with Crippen molar-refractivity contribution in [2.75, 3.05) is 13.2 Å². The molecule has 0 rings (SSSR count). The standard InChI is InChI=1S/C6H15NO2/c1-5(7)4-9-6(2)3-8/h5-6,8H,3-4,7H2,1-2H3/t5-,6+/m1/s1. The molecule has 0 radical (unpaired) electrons. The molecular weight excluding hydrogens is 118 g/mol. The molecule has 0 spiro atoms. The van der Waals surface area contributed by atoms with E-state index in [2.05, 4.69) is 0 Å². The third-order valence-corrected chi connectivity index (χ3v) is 0.901. The molecule has 0 heterocycles. The number of rotatable bonds is 4. The highest BCUT2D eigenvalue weighted by molar-refractivity contribution is 4.51. The smallest absolute Gasteiger partial charge is 0.0778 e. The van der Waals surface area contributed by atoms with Crippen LogP contribution < -0.4 is 5.73 Å². The average Bonchev–Trinajstić information content (AvgIpc) is 1.83. The summed E-state index contributed by atoms with van der Waals surface area (Å²) in [6, 6.07) is 0.0546. The zero-order valence-corrected chi connectivity index (χ0v) is 6.00. The van der Waals surface area contributed by atoms with Crippen LogP contribution in [0.4, 0.5) is 0 Å². The molecule has 0 saturated heterocycles. The molecule has 0 bridgehead atoms. The van der Waals surface area contributed by atoms with Crippen LogP contribution in [0, 0.1) is 0 Å². The van der Waals surface area contributed by atoms with Gasteiger partial charge in [0.25, 0.3) is 0 Å². The number of nitrogens with two attached hydrogens (primary N) is 1. The van der Waals surface area contributed by atoms with Crippen molar-refractivity contribution in [2.45, 2.75) is 26.0 Å². The molecule has 0 aliphatic heterocycles. The van der Waals surface area contributed by atoms with E-state index >= 15 is 0 Å². The van der Waals surface area contributed by atoms with Crippen molar-refractivity contribution in [1.82, 2.24) is 0 Å². The maximum absolute atomic E-state index is 8.48. The summed E-state index contributed by atoms with van der Waals surface area (Å²) in [6.07, 6.45) is -0.0870. The molecule has 56 valence electrons. The van der Waals surface area contributed by atoms with E-state index in [4.69, 9.17) is 15.6 Å². The molecule has 9 heavy (non-hydrogen) atoms. The average molecular weight is 133 g/mol. The first-order valence-corrected chi connectivity index (χ1v) is 3.15. The van der Waals surface area contributed by atoms with Gasteiger partial charge in [0.1, 0.15) is 0 Å². The van der Waals surface area contributed by atoms with E-state index in [9.17, 15) is 0 Å². The number of aliphatic hydroxyl groups is 1. The summed E-state index contributed by atoms with van der Waals surface area (Å²) in [7, 11) is 0. The van der Waals surface area contributed by atoms with Gasteiger partial charge in [0.05, 0.1) is 19.3 Å². The van der Waals surface area contributed by atoms with Crippen LogP contribution in [0.3, 0.4) is 0 Å². The SMILES string of the molecule is C[C@@H](N)CO[C@@H](C)CO. The van der Waals surface area contributed by atoms with Gasteiger partial charge in [0, 0.05) is 6.04 Å². The Kier molecular flexibility index (Phi) is 4.67. The minimum absolute atomic E-state index is 0.0546. The van der Waals surface area contributed by atoms with Gasteiger partial charge >= 0.3 is 0 Å². The van der Waals surface area contributed by atoms with E-state index < -0.39 is 0 Å². The number of ether oxygens (including phenoxy) is 1. The highest BCUT2D eigenvalue weighted by Gasteiger charge is 1.99. The Morgan fingerprint density at radius 3 is 2.44 bits per heavy atom. The lowest BCUT2D eigenvalue weighted by molar-refractivity contribution is 0.0201. The second kappa shape index (κ2) is 4.73. The maximum atomic E-state index is 8.48. The van der Waals surface area contributed by atoms with E-state index in [1.165, 1.54) is 0 Å². The quantitative estimate of drug-likeness (QED) is 0.555. The predicted octanol–water partition coefficient (Wildman–Crippen LogP) is -0.269. The molecule has 0 unspecified atom stereocenters. The van der Waals surface area contributed by atoms with E-state index in [-0.39, 0.29) is 18.8 Å². The third-order valence-electron chi connectivity index (χ3n) is 0.901. The van der Waals surface area contributed by atoms with Gasteiger partial charge in [0.15, 0.2) is 0 Å². The normalized spacial score (nSPS) is 17.3. The van der Waals surface area contributed by atoms with Crippen LogP contribution in [-0.2, 0) is 4.74 Å². The first kappa shape index (κ1) is 8.88. The summed E-state index contributed by atoms with van der Waals surface area (Å²) in [5.74, 6) is 0. The molecule has 3 nitrogen and oxygen atoms in total. The van der Waals surface area contributed by atoms with Gasteiger partial charge in [-0.05, 0) is 13.8 Å². The molecule has 0 aliphatic carbocycles. The zero-order chi connectivity index (χ0) is 7.28. The van der Waals surface area contributed by atoms with Crippen LogP contribution >= 0.6 is 0 Å². The summed E-state index contributed by atoms with van der Waals surface area (Å²) in [4.78, 5) is 0.